The van der Waals surface area contributed by atoms with Crippen LogP contribution in [0.2, 0.25) is 0 Å². The lowest BCUT2D eigenvalue weighted by atomic mass is 9.97. The molecular weight excluding hydrogens is 593 g/mol. The zero-order chi connectivity index (χ0) is 32.0. The molecule has 4 rings (SSSR count). The Morgan fingerprint density at radius 1 is 0.977 bits per heavy atom. The highest BCUT2D eigenvalue weighted by atomic mass is 32.2. The summed E-state index contributed by atoms with van der Waals surface area (Å²) in [7, 11) is 1.87. The van der Waals surface area contributed by atoms with E-state index < -0.39 is 27.7 Å². The number of nitrogens with zero attached hydrogens (tertiary/aromatic N) is 2. The van der Waals surface area contributed by atoms with Crippen LogP contribution in [0.4, 0.5) is 20.6 Å². The molecule has 3 N–H and O–H groups in total. The van der Waals surface area contributed by atoms with Crippen molar-refractivity contribution in [3.05, 3.63) is 99.7 Å². The second kappa shape index (κ2) is 13.7. The summed E-state index contributed by atoms with van der Waals surface area (Å²) in [6, 6.07) is 17.7. The van der Waals surface area contributed by atoms with Gasteiger partial charge in [0.25, 0.3) is 10.2 Å². The fraction of sp³-hybridized carbons (Fsp3) is 0.233. The molecule has 0 spiro atoms. The molecule has 3 aromatic carbocycles. The van der Waals surface area contributed by atoms with Gasteiger partial charge in [-0.15, -0.1) is 0 Å². The van der Waals surface area contributed by atoms with Gasteiger partial charge in [0.2, 0.25) is 5.91 Å². The van der Waals surface area contributed by atoms with Gasteiger partial charge in [0.1, 0.15) is 11.3 Å². The van der Waals surface area contributed by atoms with Crippen LogP contribution in [0.15, 0.2) is 75.9 Å². The van der Waals surface area contributed by atoms with Crippen molar-refractivity contribution in [2.45, 2.75) is 13.0 Å². The van der Waals surface area contributed by atoms with E-state index in [-0.39, 0.29) is 53.6 Å². The van der Waals surface area contributed by atoms with Crippen LogP contribution in [-0.2, 0) is 28.0 Å². The first-order valence-corrected chi connectivity index (χ1v) is 14.9. The maximum absolute atomic E-state index is 15.4. The fourth-order valence-corrected chi connectivity index (χ4v) is 4.86. The monoisotopic (exact) mass is 625 g/mol. The second-order valence-electron chi connectivity index (χ2n) is 9.92. The molecule has 12 nitrogen and oxygen atoms in total. The van der Waals surface area contributed by atoms with Gasteiger partial charge < -0.3 is 24.3 Å². The Labute approximate surface area is 253 Å². The molecule has 0 saturated heterocycles. The van der Waals surface area contributed by atoms with Gasteiger partial charge in [-0.2, -0.15) is 8.42 Å². The average molecular weight is 626 g/mol. The SMILES string of the molecule is CNS(=O)(=O)Nc1cccc(Cc2c(CNCC(=O)N(C)c3ccccc3)c3ccc(OC(=O)N(C)C)cc3oc2=O)c1F. The van der Waals surface area contributed by atoms with Crippen molar-refractivity contribution in [1.82, 2.24) is 14.9 Å². The molecule has 0 aliphatic carbocycles. The number of amides is 2. The highest BCUT2D eigenvalue weighted by Crippen LogP contribution is 2.28. The summed E-state index contributed by atoms with van der Waals surface area (Å²) in [5.41, 5.74) is 0.295. The molecular formula is C30H32FN5O7S. The first kappa shape index (κ1) is 32.1. The molecule has 0 saturated carbocycles. The number of rotatable bonds is 11. The normalized spacial score (nSPS) is 11.3. The third kappa shape index (κ3) is 7.58. The van der Waals surface area contributed by atoms with Gasteiger partial charge in [-0.1, -0.05) is 30.3 Å². The summed E-state index contributed by atoms with van der Waals surface area (Å²) in [6.07, 6.45) is -0.874. The van der Waals surface area contributed by atoms with Crippen LogP contribution in [0.25, 0.3) is 11.0 Å². The van der Waals surface area contributed by atoms with Gasteiger partial charge in [-0.3, -0.25) is 9.52 Å². The maximum atomic E-state index is 15.4. The lowest BCUT2D eigenvalue weighted by Gasteiger charge is -2.18. The Balaban J connectivity index is 1.70. The van der Waals surface area contributed by atoms with Crippen LogP contribution in [0.3, 0.4) is 0 Å². The number of hydrogen-bond acceptors (Lipinski definition) is 8. The first-order valence-electron chi connectivity index (χ1n) is 13.4. The van der Waals surface area contributed by atoms with Crippen molar-refractivity contribution < 1.29 is 31.6 Å². The highest BCUT2D eigenvalue weighted by Gasteiger charge is 2.21. The van der Waals surface area contributed by atoms with Gasteiger partial charge in [0.05, 0.1) is 12.2 Å². The lowest BCUT2D eigenvalue weighted by Crippen LogP contribution is -2.35. The van der Waals surface area contributed by atoms with Crippen LogP contribution in [0.5, 0.6) is 5.75 Å². The van der Waals surface area contributed by atoms with E-state index in [1.54, 1.807) is 25.2 Å². The molecule has 0 radical (unpaired) electrons. The van der Waals surface area contributed by atoms with Crippen LogP contribution < -0.4 is 30.0 Å². The predicted molar refractivity (Wildman–Crippen MR) is 165 cm³/mol. The fourth-order valence-electron chi connectivity index (χ4n) is 4.31. The number of carbonyl (C=O) groups excluding carboxylic acids is 2. The molecule has 0 aliphatic rings. The van der Waals surface area contributed by atoms with E-state index in [2.05, 4.69) is 14.8 Å². The molecule has 1 aromatic heterocycles. The van der Waals surface area contributed by atoms with Crippen molar-refractivity contribution in [3.63, 3.8) is 0 Å². The summed E-state index contributed by atoms with van der Waals surface area (Å²) in [6.45, 7) is -0.0585. The van der Waals surface area contributed by atoms with Crippen LogP contribution in [0.1, 0.15) is 16.7 Å². The minimum absolute atomic E-state index is 0.0241. The van der Waals surface area contributed by atoms with Crippen molar-refractivity contribution in [1.29, 1.82) is 0 Å². The number of hydrogen-bond donors (Lipinski definition) is 3. The van der Waals surface area contributed by atoms with Crippen molar-refractivity contribution in [2.24, 2.45) is 0 Å². The third-order valence-corrected chi connectivity index (χ3v) is 7.74. The minimum atomic E-state index is -4.00. The van der Waals surface area contributed by atoms with E-state index in [9.17, 15) is 22.8 Å². The number of likely N-dealkylation sites (N-methyl/N-ethyl adjacent to an activating group) is 1. The Kier molecular flexibility index (Phi) is 9.98. The number of halogens is 1. The van der Waals surface area contributed by atoms with E-state index in [0.29, 0.717) is 16.6 Å². The Bertz CT molecular complexity index is 1850. The molecule has 0 bridgehead atoms. The minimum Gasteiger partial charge on any atom is -0.422 e. The number of carbonyl (C=O) groups is 2. The summed E-state index contributed by atoms with van der Waals surface area (Å²) in [5, 5.41) is 3.53. The Morgan fingerprint density at radius 2 is 1.70 bits per heavy atom. The summed E-state index contributed by atoms with van der Waals surface area (Å²) in [4.78, 5) is 41.0. The zero-order valence-electron chi connectivity index (χ0n) is 24.5. The standard InChI is InChI=1S/C30H32FN5O7S/c1-32-44(40,41)34-25-12-8-9-19(28(25)31)15-23-24(17-33-18-27(37)36(4)20-10-6-5-7-11-20)22-14-13-21(42-30(39)35(2)3)16-26(22)43-29(23)38/h5-14,16,32-34H,15,17-18H2,1-4H3. The number of benzene rings is 3. The number of para-hydroxylation sites is 1. The van der Waals surface area contributed by atoms with E-state index >= 15 is 4.39 Å². The molecule has 1 heterocycles. The summed E-state index contributed by atoms with van der Waals surface area (Å²) in [5.74, 6) is -0.963. The van der Waals surface area contributed by atoms with Crippen molar-refractivity contribution >= 4 is 44.6 Å². The highest BCUT2D eigenvalue weighted by molar-refractivity contribution is 7.90. The third-order valence-electron chi connectivity index (χ3n) is 6.72. The average Bonchev–Trinajstić information content (AvgIpc) is 3.00. The van der Waals surface area contributed by atoms with Crippen LogP contribution in [0, 0.1) is 5.82 Å². The van der Waals surface area contributed by atoms with E-state index in [1.807, 2.05) is 18.2 Å². The quantitative estimate of drug-likeness (QED) is 0.215. The van der Waals surface area contributed by atoms with Crippen LogP contribution >= 0.6 is 0 Å². The lowest BCUT2D eigenvalue weighted by molar-refractivity contribution is -0.117. The maximum Gasteiger partial charge on any atom is 0.414 e. The van der Waals surface area contributed by atoms with Gasteiger partial charge in [0.15, 0.2) is 5.82 Å². The smallest absolute Gasteiger partial charge is 0.414 e. The molecule has 232 valence electrons. The largest absolute Gasteiger partial charge is 0.422 e. The summed E-state index contributed by atoms with van der Waals surface area (Å²) < 4.78 is 54.4. The molecule has 2 amide bonds. The Morgan fingerprint density at radius 3 is 2.39 bits per heavy atom. The zero-order valence-corrected chi connectivity index (χ0v) is 25.3. The molecule has 0 atom stereocenters. The number of fused-ring (bicyclic) bond motifs is 1. The number of ether oxygens (including phenoxy) is 1. The number of anilines is 2. The van der Waals surface area contributed by atoms with Crippen LogP contribution in [-0.4, -0.2) is 60.1 Å². The molecule has 0 aliphatic heterocycles. The molecule has 4 aromatic rings. The molecule has 0 unspecified atom stereocenters. The van der Waals surface area contributed by atoms with Gasteiger partial charge in [0, 0.05) is 63.9 Å². The Hall–Kier alpha value is -4.79. The van der Waals surface area contributed by atoms with Gasteiger partial charge >= 0.3 is 11.7 Å². The molecule has 14 heteroatoms. The second-order valence-corrected chi connectivity index (χ2v) is 11.5. The first-order chi connectivity index (χ1) is 20.9. The van der Waals surface area contributed by atoms with E-state index in [1.165, 1.54) is 61.3 Å². The van der Waals surface area contributed by atoms with E-state index in [4.69, 9.17) is 9.15 Å². The van der Waals surface area contributed by atoms with Crippen molar-refractivity contribution in [3.8, 4) is 5.75 Å². The topological polar surface area (TPSA) is 150 Å². The molecule has 0 fully saturated rings. The van der Waals surface area contributed by atoms with Crippen molar-refractivity contribution in [2.75, 3.05) is 44.4 Å². The van der Waals surface area contributed by atoms with Gasteiger partial charge in [-0.05, 0) is 41.5 Å². The summed E-state index contributed by atoms with van der Waals surface area (Å²) >= 11 is 0. The predicted octanol–water partition coefficient (Wildman–Crippen LogP) is 3.21. The number of nitrogens with one attached hydrogen (secondary N) is 3. The van der Waals surface area contributed by atoms with Gasteiger partial charge in [-0.25, -0.2) is 18.7 Å². The molecule has 44 heavy (non-hydrogen) atoms. The van der Waals surface area contributed by atoms with E-state index in [0.717, 1.165) is 0 Å².